The van der Waals surface area contributed by atoms with E-state index in [0.29, 0.717) is 18.4 Å². The minimum absolute atomic E-state index is 0.333. The fourth-order valence-corrected chi connectivity index (χ4v) is 2.73. The summed E-state index contributed by atoms with van der Waals surface area (Å²) < 4.78 is 28.2. The van der Waals surface area contributed by atoms with Crippen LogP contribution < -0.4 is 5.32 Å². The molecule has 6 heteroatoms. The monoisotopic (exact) mass is 372 g/mol. The number of nitrogens with one attached hydrogen (secondary N) is 1. The largest absolute Gasteiger partial charge is 0.383 e. The number of nitriles is 1. The van der Waals surface area contributed by atoms with Gasteiger partial charge in [0, 0.05) is 12.8 Å². The van der Waals surface area contributed by atoms with Crippen LogP contribution in [0.4, 0.5) is 8.78 Å². The topological polar surface area (TPSA) is 73.1 Å². The molecule has 142 valence electrons. The summed E-state index contributed by atoms with van der Waals surface area (Å²) in [5.74, 6) is -4.19. The number of halogens is 2. The molecule has 1 amide bonds. The predicted molar refractivity (Wildman–Crippen MR) is 98.0 cm³/mol. The molecule has 0 aliphatic rings. The van der Waals surface area contributed by atoms with Crippen molar-refractivity contribution >= 4 is 5.91 Å². The number of nitrogens with zero attached hydrogens (tertiary/aromatic N) is 1. The lowest BCUT2D eigenvalue weighted by molar-refractivity contribution is -0.135. The van der Waals surface area contributed by atoms with E-state index in [9.17, 15) is 18.7 Å². The number of benzene rings is 2. The van der Waals surface area contributed by atoms with Gasteiger partial charge >= 0.3 is 0 Å². The number of aliphatic hydroxyl groups is 1. The number of carbonyl (C=O) groups excluding carboxylic acids is 1. The third-order valence-electron chi connectivity index (χ3n) is 4.14. The zero-order chi connectivity index (χ0) is 19.7. The van der Waals surface area contributed by atoms with Crippen LogP contribution in [0.1, 0.15) is 24.0 Å². The van der Waals surface area contributed by atoms with Crippen LogP contribution in [0.2, 0.25) is 0 Å². The minimum atomic E-state index is -3.23. The zero-order valence-electron chi connectivity index (χ0n) is 14.8. The molecule has 0 aliphatic carbocycles. The van der Waals surface area contributed by atoms with Crippen molar-refractivity contribution in [3.8, 4) is 6.07 Å². The smallest absolute Gasteiger partial charge is 0.255 e. The van der Waals surface area contributed by atoms with Gasteiger partial charge in [0.15, 0.2) is 0 Å². The van der Waals surface area contributed by atoms with E-state index < -0.39 is 36.8 Å². The lowest BCUT2D eigenvalue weighted by Crippen LogP contribution is -2.43. The molecule has 27 heavy (non-hydrogen) atoms. The predicted octanol–water partition coefficient (Wildman–Crippen LogP) is 3.26. The average Bonchev–Trinajstić information content (AvgIpc) is 2.65. The van der Waals surface area contributed by atoms with Gasteiger partial charge in [0.1, 0.15) is 12.1 Å². The van der Waals surface area contributed by atoms with Gasteiger partial charge in [-0.15, -0.1) is 0 Å². The van der Waals surface area contributed by atoms with Gasteiger partial charge in [-0.1, -0.05) is 60.7 Å². The summed E-state index contributed by atoms with van der Waals surface area (Å²) in [6.07, 6.45) is -2.55. The summed E-state index contributed by atoms with van der Waals surface area (Å²) in [5, 5.41) is 21.4. The summed E-state index contributed by atoms with van der Waals surface area (Å²) in [6.45, 7) is 0. The fraction of sp³-hybridized carbons (Fsp3) is 0.333. The molecule has 0 saturated carbocycles. The third-order valence-corrected chi connectivity index (χ3v) is 4.14. The molecular weight excluding hydrogens is 350 g/mol. The van der Waals surface area contributed by atoms with Crippen molar-refractivity contribution in [1.29, 1.82) is 5.26 Å². The van der Waals surface area contributed by atoms with Gasteiger partial charge in [0.25, 0.3) is 5.92 Å². The number of hydrogen-bond donors (Lipinski definition) is 2. The van der Waals surface area contributed by atoms with Crippen molar-refractivity contribution < 1.29 is 18.7 Å². The van der Waals surface area contributed by atoms with Crippen molar-refractivity contribution in [3.63, 3.8) is 0 Å². The van der Waals surface area contributed by atoms with Gasteiger partial charge in [-0.05, 0) is 24.0 Å². The van der Waals surface area contributed by atoms with Crippen LogP contribution in [-0.2, 0) is 17.6 Å². The van der Waals surface area contributed by atoms with Crippen LogP contribution in [0.3, 0.4) is 0 Å². The molecule has 2 rings (SSSR count). The third kappa shape index (κ3) is 7.16. The van der Waals surface area contributed by atoms with E-state index in [1.54, 1.807) is 30.3 Å². The van der Waals surface area contributed by atoms with Crippen LogP contribution in [0.15, 0.2) is 60.7 Å². The molecule has 0 aliphatic heterocycles. The zero-order valence-corrected chi connectivity index (χ0v) is 14.8. The Labute approximate surface area is 157 Å². The molecule has 0 aromatic heterocycles. The van der Waals surface area contributed by atoms with E-state index in [0.717, 1.165) is 5.56 Å². The number of rotatable bonds is 9. The van der Waals surface area contributed by atoms with E-state index in [1.807, 2.05) is 36.4 Å². The number of aliphatic hydroxyl groups excluding tert-OH is 1. The molecule has 0 bridgehead atoms. The maximum absolute atomic E-state index is 14.1. The number of hydrogen-bond acceptors (Lipinski definition) is 3. The molecule has 2 aromatic carbocycles. The van der Waals surface area contributed by atoms with Gasteiger partial charge in [0.05, 0.1) is 6.07 Å². The van der Waals surface area contributed by atoms with E-state index >= 15 is 0 Å². The molecule has 0 unspecified atom stereocenters. The Morgan fingerprint density at radius 3 is 2.19 bits per heavy atom. The Bertz CT molecular complexity index is 761. The molecule has 2 N–H and O–H groups in total. The van der Waals surface area contributed by atoms with E-state index in [4.69, 9.17) is 5.26 Å². The van der Waals surface area contributed by atoms with Gasteiger partial charge < -0.3 is 10.4 Å². The molecule has 0 radical (unpaired) electrons. The summed E-state index contributed by atoms with van der Waals surface area (Å²) in [4.78, 5) is 12.0. The van der Waals surface area contributed by atoms with Crippen LogP contribution in [0, 0.1) is 11.3 Å². The quantitative estimate of drug-likeness (QED) is 0.710. The van der Waals surface area contributed by atoms with Crippen molar-refractivity contribution in [2.45, 2.75) is 43.8 Å². The average molecular weight is 372 g/mol. The summed E-state index contributed by atoms with van der Waals surface area (Å²) in [7, 11) is 0. The Hall–Kier alpha value is -2.78. The van der Waals surface area contributed by atoms with Crippen LogP contribution in [0.25, 0.3) is 0 Å². The first-order valence-corrected chi connectivity index (χ1v) is 8.73. The summed E-state index contributed by atoms with van der Waals surface area (Å²) >= 11 is 0. The second-order valence-corrected chi connectivity index (χ2v) is 6.45. The highest BCUT2D eigenvalue weighted by atomic mass is 19.3. The van der Waals surface area contributed by atoms with Gasteiger partial charge in [-0.25, -0.2) is 8.78 Å². The highest BCUT2D eigenvalue weighted by Crippen LogP contribution is 2.25. The molecule has 0 heterocycles. The van der Waals surface area contributed by atoms with Crippen LogP contribution >= 0.6 is 0 Å². The highest BCUT2D eigenvalue weighted by molar-refractivity contribution is 5.81. The molecule has 2 atom stereocenters. The maximum Gasteiger partial charge on any atom is 0.255 e. The Morgan fingerprint density at radius 1 is 1.07 bits per heavy atom. The number of aryl methyl sites for hydroxylation is 1. The summed E-state index contributed by atoms with van der Waals surface area (Å²) in [5.41, 5.74) is 1.43. The SMILES string of the molecule is N#C[C@H](CCc1ccccc1)NC(=O)[C@H](O)CC(F)(F)Cc1ccccc1. The Morgan fingerprint density at radius 2 is 1.63 bits per heavy atom. The maximum atomic E-state index is 14.1. The van der Waals surface area contributed by atoms with E-state index in [-0.39, 0.29) is 0 Å². The second-order valence-electron chi connectivity index (χ2n) is 6.45. The number of alkyl halides is 2. The first-order chi connectivity index (χ1) is 12.9. The minimum Gasteiger partial charge on any atom is -0.383 e. The van der Waals surface area contributed by atoms with Gasteiger partial charge in [-0.2, -0.15) is 5.26 Å². The summed E-state index contributed by atoms with van der Waals surface area (Å²) in [6, 6.07) is 18.6. The normalized spacial score (nSPS) is 13.4. The Balaban J connectivity index is 1.84. The Kier molecular flexibility index (Phi) is 7.44. The van der Waals surface area contributed by atoms with E-state index in [1.165, 1.54) is 0 Å². The van der Waals surface area contributed by atoms with Crippen molar-refractivity contribution in [3.05, 3.63) is 71.8 Å². The van der Waals surface area contributed by atoms with Gasteiger partial charge in [0.2, 0.25) is 5.91 Å². The molecular formula is C21H22F2N2O2. The molecule has 0 fully saturated rings. The second kappa shape index (κ2) is 9.79. The fourth-order valence-electron chi connectivity index (χ4n) is 2.73. The van der Waals surface area contributed by atoms with Crippen LogP contribution in [-0.4, -0.2) is 29.1 Å². The lowest BCUT2D eigenvalue weighted by atomic mass is 10.0. The molecule has 0 saturated heterocycles. The molecule has 2 aromatic rings. The standard InChI is InChI=1S/C21H22F2N2O2/c22-21(23,13-17-9-5-2-6-10-17)14-19(26)20(27)25-18(15-24)12-11-16-7-3-1-4-8-16/h1-10,18-19,26H,11-14H2,(H,25,27)/t18-,19+/m0/s1. The lowest BCUT2D eigenvalue weighted by Gasteiger charge is -2.21. The van der Waals surface area contributed by atoms with Crippen LogP contribution in [0.5, 0.6) is 0 Å². The number of carbonyl (C=O) groups is 1. The van der Waals surface area contributed by atoms with Crippen molar-refractivity contribution in [2.75, 3.05) is 0 Å². The molecule has 0 spiro atoms. The first-order valence-electron chi connectivity index (χ1n) is 8.73. The molecule has 4 nitrogen and oxygen atoms in total. The number of amides is 1. The highest BCUT2D eigenvalue weighted by Gasteiger charge is 2.35. The van der Waals surface area contributed by atoms with Crippen molar-refractivity contribution in [2.24, 2.45) is 0 Å². The first kappa shape index (κ1) is 20.5. The van der Waals surface area contributed by atoms with Gasteiger partial charge in [-0.3, -0.25) is 4.79 Å². The van der Waals surface area contributed by atoms with E-state index in [2.05, 4.69) is 5.32 Å². The van der Waals surface area contributed by atoms with Crippen molar-refractivity contribution in [1.82, 2.24) is 5.32 Å².